The van der Waals surface area contributed by atoms with Crippen molar-refractivity contribution in [2.75, 3.05) is 0 Å². The lowest BCUT2D eigenvalue weighted by Crippen LogP contribution is -2.28. The van der Waals surface area contributed by atoms with E-state index in [-0.39, 0.29) is 0 Å². The fourth-order valence-electron chi connectivity index (χ4n) is 4.00. The molecule has 0 N–H and O–H groups in total. The third-order valence-electron chi connectivity index (χ3n) is 5.57. The van der Waals surface area contributed by atoms with Gasteiger partial charge in [-0.05, 0) is 48.2 Å². The van der Waals surface area contributed by atoms with Gasteiger partial charge in [0, 0.05) is 43.4 Å². The molecule has 0 saturated heterocycles. The molecule has 5 rings (SSSR count). The highest BCUT2D eigenvalue weighted by Gasteiger charge is 2.41. The zero-order valence-electron chi connectivity index (χ0n) is 17.8. The summed E-state index contributed by atoms with van der Waals surface area (Å²) in [4.78, 5) is 11.5. The van der Waals surface area contributed by atoms with E-state index < -0.39 is 0 Å². The van der Waals surface area contributed by atoms with Gasteiger partial charge in [-0.15, -0.1) is 0 Å². The molecule has 0 spiro atoms. The average Bonchev–Trinajstić information content (AvgIpc) is 3.32. The molecule has 5 radical (unpaired) electrons. The monoisotopic (exact) mass is 414 g/mol. The van der Waals surface area contributed by atoms with E-state index in [9.17, 15) is 0 Å². The summed E-state index contributed by atoms with van der Waals surface area (Å²) < 4.78 is 0. The summed E-state index contributed by atoms with van der Waals surface area (Å²) in [6.07, 6.45) is 8.29. The van der Waals surface area contributed by atoms with Gasteiger partial charge in [0.25, 0.3) is 0 Å². The molecule has 2 aromatic carbocycles. The summed E-state index contributed by atoms with van der Waals surface area (Å²) in [6.45, 7) is 1.42. The van der Waals surface area contributed by atoms with Crippen molar-refractivity contribution in [2.24, 2.45) is 0 Å². The van der Waals surface area contributed by atoms with E-state index >= 15 is 0 Å². The summed E-state index contributed by atoms with van der Waals surface area (Å²) in [5.74, 6) is 2.47. The number of aromatic nitrogens is 2. The first-order chi connectivity index (χ1) is 15.9. The highest BCUT2D eigenvalue weighted by molar-refractivity contribution is 5.65. The van der Waals surface area contributed by atoms with Gasteiger partial charge < -0.3 is 0 Å². The molecule has 4 aromatic rings. The number of hydrogen-bond acceptors (Lipinski definition) is 3. The number of nitrogens with zero attached hydrogens (tertiary/aromatic N) is 3. The molecule has 32 heavy (non-hydrogen) atoms. The summed E-state index contributed by atoms with van der Waals surface area (Å²) >= 11 is 0. The van der Waals surface area contributed by atoms with Crippen molar-refractivity contribution in [1.82, 2.24) is 14.9 Å². The van der Waals surface area contributed by atoms with Crippen molar-refractivity contribution in [3.63, 3.8) is 0 Å². The van der Waals surface area contributed by atoms with E-state index in [4.69, 9.17) is 0 Å². The van der Waals surface area contributed by atoms with Gasteiger partial charge >= 0.3 is 0 Å². The zero-order chi connectivity index (χ0) is 21.6. The van der Waals surface area contributed by atoms with Gasteiger partial charge in [0.2, 0.25) is 0 Å². The number of hydrogen-bond donors (Lipinski definition) is 0. The van der Waals surface area contributed by atoms with Gasteiger partial charge in [0.1, 0.15) is 0 Å². The Morgan fingerprint density at radius 3 is 1.34 bits per heavy atom. The highest BCUT2D eigenvalue weighted by Crippen LogP contribution is 2.48. The number of benzene rings is 2. The summed E-state index contributed by atoms with van der Waals surface area (Å²) in [5.41, 5.74) is 4.50. The molecular weight excluding hydrogens is 390 g/mol. The maximum absolute atomic E-state index is 4.57. The molecule has 0 atom stereocenters. The maximum atomic E-state index is 4.57. The molecule has 1 aliphatic rings. The first kappa shape index (κ1) is 20.6. The van der Waals surface area contributed by atoms with Crippen LogP contribution in [0.1, 0.15) is 22.5 Å². The molecule has 1 fully saturated rings. The molecule has 0 amide bonds. The Morgan fingerprint density at radius 1 is 0.500 bits per heavy atom. The van der Waals surface area contributed by atoms with Crippen LogP contribution >= 0.6 is 0 Å². The Bertz CT molecular complexity index is 995. The molecule has 2 aromatic heterocycles. The molecule has 155 valence electrons. The van der Waals surface area contributed by atoms with Gasteiger partial charge in [0.15, 0.2) is 0 Å². The Kier molecular flexibility index (Phi) is 6.36. The van der Waals surface area contributed by atoms with Gasteiger partial charge in [-0.1, -0.05) is 72.8 Å². The second-order valence-electron chi connectivity index (χ2n) is 7.77. The minimum atomic E-state index is 0.712. The van der Waals surface area contributed by atoms with Gasteiger partial charge in [-0.2, -0.15) is 0 Å². The highest BCUT2D eigenvalue weighted by atomic mass is 15.2. The van der Waals surface area contributed by atoms with Crippen LogP contribution < -0.4 is 0 Å². The molecule has 1 aliphatic carbocycles. The van der Waals surface area contributed by atoms with Crippen molar-refractivity contribution in [1.29, 1.82) is 0 Å². The predicted octanol–water partition coefficient (Wildman–Crippen LogP) is 5.68. The lowest BCUT2D eigenvalue weighted by atomic mass is 9.84. The number of pyridine rings is 2. The SMILES string of the molecule is [CH]1[C](c2ccccc2)[C](c2ccccc2)[CH][C]1N(Cc1ccccn1)Cc1ccccn1. The summed E-state index contributed by atoms with van der Waals surface area (Å²) in [7, 11) is 0. The van der Waals surface area contributed by atoms with Crippen LogP contribution in [0.5, 0.6) is 0 Å². The van der Waals surface area contributed by atoms with E-state index in [1.54, 1.807) is 0 Å². The topological polar surface area (TPSA) is 29.0 Å². The van der Waals surface area contributed by atoms with Crippen molar-refractivity contribution < 1.29 is 0 Å². The summed E-state index contributed by atoms with van der Waals surface area (Å²) in [5, 5.41) is 0. The molecule has 0 unspecified atom stereocenters. The molecule has 3 nitrogen and oxygen atoms in total. The molecule has 0 aliphatic heterocycles. The molecule has 3 heteroatoms. The van der Waals surface area contributed by atoms with Crippen molar-refractivity contribution in [3.05, 3.63) is 163 Å². The Labute approximate surface area is 190 Å². The zero-order valence-corrected chi connectivity index (χ0v) is 17.8. The van der Waals surface area contributed by atoms with Gasteiger partial charge in [0.05, 0.1) is 11.4 Å². The standard InChI is InChI=1S/C29H24N3/c1-3-11-23(12-4-1)28-19-27(20-29(28)24-13-5-2-6-14-24)32(21-25-15-7-9-17-30-25)22-26-16-8-10-18-31-26/h1-20H,21-22H2. The molecule has 1 saturated carbocycles. The van der Waals surface area contributed by atoms with E-state index in [0.717, 1.165) is 11.4 Å². The van der Waals surface area contributed by atoms with Crippen molar-refractivity contribution >= 4 is 0 Å². The fraction of sp³-hybridized carbons (Fsp3) is 0.0690. The Hall–Kier alpha value is -3.30. The largest absolute Gasteiger partial charge is 0.283 e. The van der Waals surface area contributed by atoms with Crippen LogP contribution in [0.25, 0.3) is 0 Å². The quantitative estimate of drug-likeness (QED) is 0.390. The van der Waals surface area contributed by atoms with Crippen molar-refractivity contribution in [2.45, 2.75) is 13.1 Å². The van der Waals surface area contributed by atoms with Crippen LogP contribution in [-0.2, 0) is 13.1 Å². The van der Waals surface area contributed by atoms with Crippen LogP contribution in [0, 0.1) is 30.7 Å². The van der Waals surface area contributed by atoms with Crippen molar-refractivity contribution in [3.8, 4) is 0 Å². The fourth-order valence-corrected chi connectivity index (χ4v) is 4.00. The Morgan fingerprint density at radius 2 is 0.938 bits per heavy atom. The molecular formula is C29H24N3. The molecule has 0 bridgehead atoms. The van der Waals surface area contributed by atoms with Crippen LogP contribution in [0.3, 0.4) is 0 Å². The minimum absolute atomic E-state index is 0.712. The second kappa shape index (κ2) is 9.88. The van der Waals surface area contributed by atoms with E-state index in [1.165, 1.54) is 29.0 Å². The lowest BCUT2D eigenvalue weighted by Gasteiger charge is -2.27. The van der Waals surface area contributed by atoms with Crippen LogP contribution in [0.15, 0.2) is 109 Å². The second-order valence-corrected chi connectivity index (χ2v) is 7.77. The number of rotatable bonds is 7. The normalized spacial score (nSPS) is 15.4. The lowest BCUT2D eigenvalue weighted by molar-refractivity contribution is 0.286. The average molecular weight is 415 g/mol. The summed E-state index contributed by atoms with van der Waals surface area (Å²) in [6, 6.07) is 34.5. The van der Waals surface area contributed by atoms with Gasteiger partial charge in [-0.25, -0.2) is 0 Å². The Balaban J connectivity index is 1.46. The van der Waals surface area contributed by atoms with E-state index in [1.807, 2.05) is 36.7 Å². The van der Waals surface area contributed by atoms with E-state index in [2.05, 4.69) is 101 Å². The third kappa shape index (κ3) is 4.79. The van der Waals surface area contributed by atoms with Crippen LogP contribution in [0.2, 0.25) is 0 Å². The molecule has 2 heterocycles. The first-order valence-corrected chi connectivity index (χ1v) is 10.8. The van der Waals surface area contributed by atoms with Gasteiger partial charge in [-0.3, -0.25) is 14.9 Å². The van der Waals surface area contributed by atoms with Crippen LogP contribution in [0.4, 0.5) is 0 Å². The third-order valence-corrected chi connectivity index (χ3v) is 5.57. The minimum Gasteiger partial charge on any atom is -0.283 e. The first-order valence-electron chi connectivity index (χ1n) is 10.8. The maximum Gasteiger partial charge on any atom is 0.0544 e. The predicted molar refractivity (Wildman–Crippen MR) is 127 cm³/mol. The smallest absolute Gasteiger partial charge is 0.0544 e. The van der Waals surface area contributed by atoms with E-state index in [0.29, 0.717) is 13.1 Å². The van der Waals surface area contributed by atoms with Crippen LogP contribution in [-0.4, -0.2) is 14.9 Å².